The van der Waals surface area contributed by atoms with Crippen molar-refractivity contribution in [2.75, 3.05) is 0 Å². The van der Waals surface area contributed by atoms with Gasteiger partial charge in [0.2, 0.25) is 0 Å². The van der Waals surface area contributed by atoms with Gasteiger partial charge in [-0.2, -0.15) is 5.26 Å². The molecule has 1 aromatic rings. The van der Waals surface area contributed by atoms with Crippen LogP contribution in [0.25, 0.3) is 0 Å². The Morgan fingerprint density at radius 1 is 1.57 bits per heavy atom. The largest absolute Gasteiger partial charge is 0.298 e. The number of nitro benzene ring substituents is 1. The van der Waals surface area contributed by atoms with Gasteiger partial charge in [-0.1, -0.05) is 0 Å². The van der Waals surface area contributed by atoms with Crippen molar-refractivity contribution in [2.24, 2.45) is 0 Å². The van der Waals surface area contributed by atoms with Gasteiger partial charge in [0.05, 0.1) is 10.5 Å². The molecule has 0 saturated carbocycles. The van der Waals surface area contributed by atoms with Gasteiger partial charge >= 0.3 is 0 Å². The molecule has 0 atom stereocenters. The summed E-state index contributed by atoms with van der Waals surface area (Å²) in [5, 5.41) is 19.1. The lowest BCUT2D eigenvalue weighted by atomic mass is 10.0. The minimum Gasteiger partial charge on any atom is -0.298 e. The molecule has 1 aromatic carbocycles. The molecule has 0 aliphatic carbocycles. The van der Waals surface area contributed by atoms with Crippen LogP contribution in [0.2, 0.25) is 0 Å². The maximum absolute atomic E-state index is 10.6. The van der Waals surface area contributed by atoms with E-state index in [0.29, 0.717) is 11.8 Å². The Morgan fingerprint density at radius 3 is 2.64 bits per heavy atom. The third-order valence-corrected chi connectivity index (χ3v) is 1.82. The van der Waals surface area contributed by atoms with Crippen LogP contribution in [-0.2, 0) is 0 Å². The zero-order valence-electron chi connectivity index (χ0n) is 7.35. The molecule has 0 radical (unpaired) electrons. The molecule has 0 aliphatic heterocycles. The highest BCUT2D eigenvalue weighted by molar-refractivity contribution is 5.82. The Kier molecular flexibility index (Phi) is 2.58. The molecule has 0 aliphatic rings. The SMILES string of the molecule is Cc1cc([N+](=O)[O-])cc(C#N)c1C=O. The molecule has 0 amide bonds. The van der Waals surface area contributed by atoms with E-state index in [1.54, 1.807) is 13.0 Å². The molecule has 5 nitrogen and oxygen atoms in total. The van der Waals surface area contributed by atoms with Gasteiger partial charge in [0.15, 0.2) is 6.29 Å². The van der Waals surface area contributed by atoms with Crippen LogP contribution in [0.1, 0.15) is 21.5 Å². The summed E-state index contributed by atoms with van der Waals surface area (Å²) < 4.78 is 0. The predicted octanol–water partition coefficient (Wildman–Crippen LogP) is 1.59. The molecule has 0 saturated heterocycles. The van der Waals surface area contributed by atoms with Gasteiger partial charge < -0.3 is 0 Å². The van der Waals surface area contributed by atoms with E-state index in [0.717, 1.165) is 6.07 Å². The third-order valence-electron chi connectivity index (χ3n) is 1.82. The summed E-state index contributed by atoms with van der Waals surface area (Å²) >= 11 is 0. The summed E-state index contributed by atoms with van der Waals surface area (Å²) in [7, 11) is 0. The number of aldehydes is 1. The van der Waals surface area contributed by atoms with Crippen molar-refractivity contribution < 1.29 is 9.72 Å². The molecule has 0 heterocycles. The second-order valence-corrected chi connectivity index (χ2v) is 2.71. The molecule has 14 heavy (non-hydrogen) atoms. The number of nitro groups is 1. The highest BCUT2D eigenvalue weighted by atomic mass is 16.6. The number of benzene rings is 1. The van der Waals surface area contributed by atoms with E-state index in [2.05, 4.69) is 0 Å². The van der Waals surface area contributed by atoms with Crippen LogP contribution in [-0.4, -0.2) is 11.2 Å². The molecule has 0 N–H and O–H groups in total. The first-order chi connectivity index (χ1) is 6.60. The minimum absolute atomic E-state index is 0.0340. The van der Waals surface area contributed by atoms with Gasteiger partial charge in [0, 0.05) is 17.7 Å². The van der Waals surface area contributed by atoms with Gasteiger partial charge in [-0.15, -0.1) is 0 Å². The average Bonchev–Trinajstić information content (AvgIpc) is 2.16. The first-order valence-electron chi connectivity index (χ1n) is 3.74. The monoisotopic (exact) mass is 190 g/mol. The number of hydrogen-bond donors (Lipinski definition) is 0. The molecule has 5 heteroatoms. The molecule has 0 spiro atoms. The maximum atomic E-state index is 10.6. The summed E-state index contributed by atoms with van der Waals surface area (Å²) in [6.45, 7) is 1.55. The molecule has 0 aromatic heterocycles. The minimum atomic E-state index is -0.595. The van der Waals surface area contributed by atoms with E-state index in [1.807, 2.05) is 0 Å². The molecule has 0 bridgehead atoms. The average molecular weight is 190 g/mol. The molecule has 0 unspecified atom stereocenters. The van der Waals surface area contributed by atoms with Crippen LogP contribution < -0.4 is 0 Å². The zero-order chi connectivity index (χ0) is 10.7. The van der Waals surface area contributed by atoms with Gasteiger partial charge in [-0.25, -0.2) is 0 Å². The number of aryl methyl sites for hydroxylation is 1. The van der Waals surface area contributed by atoms with Crippen LogP contribution >= 0.6 is 0 Å². The van der Waals surface area contributed by atoms with E-state index in [1.165, 1.54) is 6.07 Å². The molecule has 0 fully saturated rings. The van der Waals surface area contributed by atoms with Crippen LogP contribution in [0.15, 0.2) is 12.1 Å². The summed E-state index contributed by atoms with van der Waals surface area (Å²) in [6.07, 6.45) is 0.525. The lowest BCUT2D eigenvalue weighted by Gasteiger charge is -2.00. The fourth-order valence-corrected chi connectivity index (χ4v) is 1.13. The second kappa shape index (κ2) is 3.66. The number of carbonyl (C=O) groups excluding carboxylic acids is 1. The predicted molar refractivity (Wildman–Crippen MR) is 47.9 cm³/mol. The highest BCUT2D eigenvalue weighted by Gasteiger charge is 2.13. The van der Waals surface area contributed by atoms with Crippen LogP contribution in [0.4, 0.5) is 5.69 Å². The smallest absolute Gasteiger partial charge is 0.271 e. The number of nitrogens with zero attached hydrogens (tertiary/aromatic N) is 2. The fraction of sp³-hybridized carbons (Fsp3) is 0.111. The van der Waals surface area contributed by atoms with Crippen molar-refractivity contribution in [3.63, 3.8) is 0 Å². The van der Waals surface area contributed by atoms with Crippen molar-refractivity contribution in [1.82, 2.24) is 0 Å². The first kappa shape index (κ1) is 9.86. The van der Waals surface area contributed by atoms with Crippen molar-refractivity contribution in [1.29, 1.82) is 5.26 Å². The Hall–Kier alpha value is -2.22. The lowest BCUT2D eigenvalue weighted by molar-refractivity contribution is -0.384. The van der Waals surface area contributed by atoms with Crippen LogP contribution in [0.5, 0.6) is 0 Å². The summed E-state index contributed by atoms with van der Waals surface area (Å²) in [5.74, 6) is 0. The molecule has 1 rings (SSSR count). The number of carbonyl (C=O) groups is 1. The number of nitriles is 1. The molecular formula is C9H6N2O3. The van der Waals surface area contributed by atoms with Gasteiger partial charge in [-0.3, -0.25) is 14.9 Å². The van der Waals surface area contributed by atoms with E-state index in [9.17, 15) is 14.9 Å². The van der Waals surface area contributed by atoms with Crippen molar-refractivity contribution in [2.45, 2.75) is 6.92 Å². The van der Waals surface area contributed by atoms with E-state index >= 15 is 0 Å². The van der Waals surface area contributed by atoms with E-state index in [4.69, 9.17) is 5.26 Å². The summed E-state index contributed by atoms with van der Waals surface area (Å²) in [5.41, 5.74) is 0.500. The summed E-state index contributed by atoms with van der Waals surface area (Å²) in [4.78, 5) is 20.4. The van der Waals surface area contributed by atoms with Gasteiger partial charge in [0.1, 0.15) is 6.07 Å². The Labute approximate surface area is 79.7 Å². The molecule has 70 valence electrons. The quantitative estimate of drug-likeness (QED) is 0.402. The van der Waals surface area contributed by atoms with Crippen molar-refractivity contribution in [3.8, 4) is 6.07 Å². The maximum Gasteiger partial charge on any atom is 0.271 e. The fourth-order valence-electron chi connectivity index (χ4n) is 1.13. The zero-order valence-corrected chi connectivity index (χ0v) is 7.35. The van der Waals surface area contributed by atoms with Gasteiger partial charge in [-0.05, 0) is 12.5 Å². The van der Waals surface area contributed by atoms with E-state index in [-0.39, 0.29) is 16.8 Å². The highest BCUT2D eigenvalue weighted by Crippen LogP contribution is 2.20. The van der Waals surface area contributed by atoms with Gasteiger partial charge in [0.25, 0.3) is 5.69 Å². The van der Waals surface area contributed by atoms with Crippen molar-refractivity contribution >= 4 is 12.0 Å². The van der Waals surface area contributed by atoms with E-state index < -0.39 is 4.92 Å². The summed E-state index contributed by atoms with van der Waals surface area (Å²) in [6, 6.07) is 4.11. The lowest BCUT2D eigenvalue weighted by Crippen LogP contribution is -1.96. The first-order valence-corrected chi connectivity index (χ1v) is 3.74. The van der Waals surface area contributed by atoms with Crippen LogP contribution in [0, 0.1) is 28.4 Å². The number of hydrogen-bond acceptors (Lipinski definition) is 4. The topological polar surface area (TPSA) is 84.0 Å². The Bertz CT molecular complexity index is 446. The number of non-ortho nitro benzene ring substituents is 1. The standard InChI is InChI=1S/C9H6N2O3/c1-6-2-8(11(13)14)3-7(4-10)9(6)5-12/h2-3,5H,1H3. The Morgan fingerprint density at radius 2 is 2.21 bits per heavy atom. The normalized spacial score (nSPS) is 9.14. The third kappa shape index (κ3) is 1.59. The second-order valence-electron chi connectivity index (χ2n) is 2.71. The van der Waals surface area contributed by atoms with Crippen LogP contribution in [0.3, 0.4) is 0 Å². The number of rotatable bonds is 2. The van der Waals surface area contributed by atoms with Crippen molar-refractivity contribution in [3.05, 3.63) is 38.9 Å². The Balaban J connectivity index is 3.48. The molecular weight excluding hydrogens is 184 g/mol.